The zero-order valence-electron chi connectivity index (χ0n) is 11.6. The molecule has 2 rings (SSSR count). The van der Waals surface area contributed by atoms with Crippen LogP contribution in [0.15, 0.2) is 41.6 Å². The van der Waals surface area contributed by atoms with Crippen molar-refractivity contribution in [2.45, 2.75) is 11.3 Å². The van der Waals surface area contributed by atoms with E-state index in [1.807, 2.05) is 0 Å². The minimum absolute atomic E-state index is 0.00908. The van der Waals surface area contributed by atoms with Gasteiger partial charge in [-0.15, -0.1) is 0 Å². The fraction of sp³-hybridized carbons (Fsp3) is 0.308. The van der Waals surface area contributed by atoms with Gasteiger partial charge in [0.15, 0.2) is 0 Å². The molecular formula is C13H17FN4O2S. The van der Waals surface area contributed by atoms with Gasteiger partial charge >= 0.3 is 0 Å². The van der Waals surface area contributed by atoms with E-state index in [2.05, 4.69) is 5.10 Å². The maximum Gasteiger partial charge on any atom is 0.267 e. The van der Waals surface area contributed by atoms with Crippen molar-refractivity contribution in [2.24, 2.45) is 12.8 Å². The smallest absolute Gasteiger partial charge is 0.267 e. The van der Waals surface area contributed by atoms with Crippen molar-refractivity contribution in [1.29, 1.82) is 0 Å². The maximum atomic E-state index is 14.0. The van der Waals surface area contributed by atoms with Crippen LogP contribution in [0.4, 0.5) is 10.1 Å². The molecule has 0 aliphatic heterocycles. The zero-order chi connectivity index (χ0) is 15.5. The number of aromatic nitrogens is 2. The second-order valence-electron chi connectivity index (χ2n) is 4.52. The Morgan fingerprint density at radius 3 is 2.67 bits per heavy atom. The van der Waals surface area contributed by atoms with Gasteiger partial charge in [-0.25, -0.2) is 12.8 Å². The molecule has 0 aliphatic rings. The summed E-state index contributed by atoms with van der Waals surface area (Å²) in [5.74, 6) is -0.595. The first-order valence-electron chi connectivity index (χ1n) is 6.43. The van der Waals surface area contributed by atoms with Gasteiger partial charge in [-0.1, -0.05) is 12.1 Å². The first-order chi connectivity index (χ1) is 9.96. The number of aryl methyl sites for hydroxylation is 1. The lowest BCUT2D eigenvalue weighted by Crippen LogP contribution is -2.33. The standard InChI is InChI=1S/C13H17FN4O2S/c1-17-10-11(9-16-17)21(19,20)18(8-4-7-15)13-6-3-2-5-12(13)14/h2-3,5-6,9-10H,4,7-8,15H2,1H3. The molecule has 2 aromatic rings. The molecule has 114 valence electrons. The van der Waals surface area contributed by atoms with Gasteiger partial charge in [0, 0.05) is 19.8 Å². The molecule has 8 heteroatoms. The van der Waals surface area contributed by atoms with Crippen molar-refractivity contribution in [3.8, 4) is 0 Å². The van der Waals surface area contributed by atoms with E-state index < -0.39 is 15.8 Å². The first kappa shape index (κ1) is 15.5. The van der Waals surface area contributed by atoms with Crippen molar-refractivity contribution in [3.05, 3.63) is 42.5 Å². The third-order valence-electron chi connectivity index (χ3n) is 2.96. The molecule has 0 saturated carbocycles. The van der Waals surface area contributed by atoms with Gasteiger partial charge in [0.1, 0.15) is 10.7 Å². The molecule has 6 nitrogen and oxygen atoms in total. The van der Waals surface area contributed by atoms with E-state index in [0.29, 0.717) is 13.0 Å². The average molecular weight is 312 g/mol. The first-order valence-corrected chi connectivity index (χ1v) is 7.87. The highest BCUT2D eigenvalue weighted by Crippen LogP contribution is 2.26. The third kappa shape index (κ3) is 3.22. The van der Waals surface area contributed by atoms with Crippen LogP contribution in [0.2, 0.25) is 0 Å². The second-order valence-corrected chi connectivity index (χ2v) is 6.38. The maximum absolute atomic E-state index is 14.0. The van der Waals surface area contributed by atoms with Gasteiger partial charge in [0.05, 0.1) is 11.9 Å². The predicted octanol–water partition coefficient (Wildman–Crippen LogP) is 1.10. The summed E-state index contributed by atoms with van der Waals surface area (Å²) >= 11 is 0. The number of para-hydroxylation sites is 1. The SMILES string of the molecule is Cn1cc(S(=O)(=O)N(CCCN)c2ccccc2F)cn1. The molecular weight excluding hydrogens is 295 g/mol. The third-order valence-corrected chi connectivity index (χ3v) is 4.72. The van der Waals surface area contributed by atoms with E-state index in [9.17, 15) is 12.8 Å². The molecule has 0 aliphatic carbocycles. The number of nitrogens with two attached hydrogens (primary N) is 1. The summed E-state index contributed by atoms with van der Waals surface area (Å²) < 4.78 is 41.7. The summed E-state index contributed by atoms with van der Waals surface area (Å²) in [7, 11) is -2.26. The molecule has 1 aromatic carbocycles. The quantitative estimate of drug-likeness (QED) is 0.866. The average Bonchev–Trinajstić information content (AvgIpc) is 2.88. The number of halogens is 1. The summed E-state index contributed by atoms with van der Waals surface area (Å²) in [6, 6.07) is 5.76. The van der Waals surface area contributed by atoms with Crippen LogP contribution in [-0.4, -0.2) is 31.3 Å². The van der Waals surface area contributed by atoms with Crippen LogP contribution in [-0.2, 0) is 17.1 Å². The van der Waals surface area contributed by atoms with E-state index in [1.165, 1.54) is 35.3 Å². The van der Waals surface area contributed by atoms with Crippen LogP contribution >= 0.6 is 0 Å². The Morgan fingerprint density at radius 1 is 1.38 bits per heavy atom. The number of benzene rings is 1. The fourth-order valence-corrected chi connectivity index (χ4v) is 3.42. The molecule has 1 heterocycles. The van der Waals surface area contributed by atoms with Crippen molar-refractivity contribution < 1.29 is 12.8 Å². The number of hydrogen-bond donors (Lipinski definition) is 1. The van der Waals surface area contributed by atoms with Crippen LogP contribution in [0, 0.1) is 5.82 Å². The lowest BCUT2D eigenvalue weighted by molar-refractivity contribution is 0.583. The Bertz CT molecular complexity index is 714. The van der Waals surface area contributed by atoms with E-state index in [-0.39, 0.29) is 17.1 Å². The summed E-state index contributed by atoms with van der Waals surface area (Å²) in [4.78, 5) is 0.0188. The number of hydrogen-bond acceptors (Lipinski definition) is 4. The molecule has 0 amide bonds. The number of anilines is 1. The lowest BCUT2D eigenvalue weighted by atomic mass is 10.3. The largest absolute Gasteiger partial charge is 0.330 e. The zero-order valence-corrected chi connectivity index (χ0v) is 12.4. The number of rotatable bonds is 6. The minimum atomic E-state index is -3.87. The van der Waals surface area contributed by atoms with Crippen molar-refractivity contribution in [1.82, 2.24) is 9.78 Å². The fourth-order valence-electron chi connectivity index (χ4n) is 1.92. The Morgan fingerprint density at radius 2 is 2.10 bits per heavy atom. The Labute approximate surface area is 123 Å². The predicted molar refractivity (Wildman–Crippen MR) is 77.8 cm³/mol. The van der Waals surface area contributed by atoms with Crippen LogP contribution in [0.1, 0.15) is 6.42 Å². The van der Waals surface area contributed by atoms with Gasteiger partial charge in [0.2, 0.25) is 0 Å². The van der Waals surface area contributed by atoms with Gasteiger partial charge in [0.25, 0.3) is 10.0 Å². The van der Waals surface area contributed by atoms with Gasteiger partial charge < -0.3 is 5.73 Å². The van der Waals surface area contributed by atoms with E-state index in [4.69, 9.17) is 5.73 Å². The topological polar surface area (TPSA) is 81.2 Å². The molecule has 2 N–H and O–H groups in total. The van der Waals surface area contributed by atoms with Crippen LogP contribution in [0.5, 0.6) is 0 Å². The Hall–Kier alpha value is -1.93. The van der Waals surface area contributed by atoms with Crippen molar-refractivity contribution in [3.63, 3.8) is 0 Å². The summed E-state index contributed by atoms with van der Waals surface area (Å²) in [6.45, 7) is 0.419. The monoisotopic (exact) mass is 312 g/mol. The minimum Gasteiger partial charge on any atom is -0.330 e. The molecule has 0 saturated heterocycles. The molecule has 21 heavy (non-hydrogen) atoms. The van der Waals surface area contributed by atoms with Crippen LogP contribution in [0.25, 0.3) is 0 Å². The van der Waals surface area contributed by atoms with Crippen molar-refractivity contribution in [2.75, 3.05) is 17.4 Å². The van der Waals surface area contributed by atoms with E-state index >= 15 is 0 Å². The molecule has 0 unspecified atom stereocenters. The second kappa shape index (κ2) is 6.23. The van der Waals surface area contributed by atoms with E-state index in [1.54, 1.807) is 13.1 Å². The normalized spacial score (nSPS) is 11.6. The Kier molecular flexibility index (Phi) is 4.59. The van der Waals surface area contributed by atoms with Gasteiger partial charge in [-0.05, 0) is 25.1 Å². The molecule has 0 fully saturated rings. The number of nitrogens with zero attached hydrogens (tertiary/aromatic N) is 3. The summed E-state index contributed by atoms with van der Waals surface area (Å²) in [5.41, 5.74) is 5.46. The van der Waals surface area contributed by atoms with Crippen LogP contribution in [0.3, 0.4) is 0 Å². The number of sulfonamides is 1. The Balaban J connectivity index is 2.48. The van der Waals surface area contributed by atoms with Crippen molar-refractivity contribution >= 4 is 15.7 Å². The van der Waals surface area contributed by atoms with Crippen LogP contribution < -0.4 is 10.0 Å². The van der Waals surface area contributed by atoms with Gasteiger partial charge in [-0.2, -0.15) is 5.10 Å². The molecule has 1 aromatic heterocycles. The molecule has 0 bridgehead atoms. The highest BCUT2D eigenvalue weighted by Gasteiger charge is 2.27. The van der Waals surface area contributed by atoms with E-state index in [0.717, 1.165) is 4.31 Å². The lowest BCUT2D eigenvalue weighted by Gasteiger charge is -2.23. The summed E-state index contributed by atoms with van der Waals surface area (Å²) in [6.07, 6.45) is 3.05. The highest BCUT2D eigenvalue weighted by atomic mass is 32.2. The summed E-state index contributed by atoms with van der Waals surface area (Å²) in [5, 5.41) is 3.85. The van der Waals surface area contributed by atoms with Gasteiger partial charge in [-0.3, -0.25) is 8.99 Å². The molecule has 0 radical (unpaired) electrons. The highest BCUT2D eigenvalue weighted by molar-refractivity contribution is 7.92. The molecule has 0 spiro atoms. The molecule has 0 atom stereocenters.